The number of nitrogens with zero attached hydrogens (tertiary/aromatic N) is 4. The normalized spacial score (nSPS) is 14.2. The predicted octanol–water partition coefficient (Wildman–Crippen LogP) is 2.17. The van der Waals surface area contributed by atoms with Crippen molar-refractivity contribution in [1.82, 2.24) is 19.6 Å². The number of hydrogen-bond donors (Lipinski definition) is 0. The molecule has 1 aliphatic rings. The van der Waals surface area contributed by atoms with Gasteiger partial charge in [-0.1, -0.05) is 30.3 Å². The number of ether oxygens (including phenoxy) is 1. The first kappa shape index (κ1) is 23.8. The van der Waals surface area contributed by atoms with E-state index in [1.807, 2.05) is 30.3 Å². The molecule has 174 valence electrons. The van der Waals surface area contributed by atoms with Gasteiger partial charge in [0, 0.05) is 46.8 Å². The third-order valence-corrected chi connectivity index (χ3v) is 5.56. The second-order valence-corrected chi connectivity index (χ2v) is 8.18. The van der Waals surface area contributed by atoms with E-state index in [1.54, 1.807) is 30.2 Å². The van der Waals surface area contributed by atoms with Gasteiger partial charge in [-0.2, -0.15) is 0 Å². The largest absolute Gasteiger partial charge is 0.467 e. The van der Waals surface area contributed by atoms with Crippen LogP contribution in [-0.2, 0) is 22.5 Å². The number of carbonyl (C=O) groups is 2. The molecule has 8 heteroatoms. The number of benzene rings is 1. The van der Waals surface area contributed by atoms with Crippen LogP contribution in [0.4, 0.5) is 4.79 Å². The summed E-state index contributed by atoms with van der Waals surface area (Å²) in [5.74, 6) is 0.639. The SMILES string of the molecule is CN(C)C(=O)N(CCN1CCOCC1)CC(=O)N(CCc1ccccc1)Cc1ccco1. The highest BCUT2D eigenvalue weighted by atomic mass is 16.5. The predicted molar refractivity (Wildman–Crippen MR) is 122 cm³/mol. The van der Waals surface area contributed by atoms with Gasteiger partial charge in [0.2, 0.25) is 5.91 Å². The fourth-order valence-corrected chi connectivity index (χ4v) is 3.67. The third-order valence-electron chi connectivity index (χ3n) is 5.56. The summed E-state index contributed by atoms with van der Waals surface area (Å²) in [6.07, 6.45) is 2.35. The van der Waals surface area contributed by atoms with Crippen LogP contribution in [0.3, 0.4) is 0 Å². The zero-order valence-electron chi connectivity index (χ0n) is 19.1. The Bertz CT molecular complexity index is 820. The molecular weight excluding hydrogens is 408 g/mol. The van der Waals surface area contributed by atoms with Crippen molar-refractivity contribution in [2.24, 2.45) is 0 Å². The van der Waals surface area contributed by atoms with E-state index in [4.69, 9.17) is 9.15 Å². The minimum absolute atomic E-state index is 0.0385. The molecule has 2 heterocycles. The van der Waals surface area contributed by atoms with Crippen molar-refractivity contribution >= 4 is 11.9 Å². The van der Waals surface area contributed by atoms with Crippen LogP contribution in [0.1, 0.15) is 11.3 Å². The summed E-state index contributed by atoms with van der Waals surface area (Å²) >= 11 is 0. The number of urea groups is 1. The van der Waals surface area contributed by atoms with Gasteiger partial charge in [-0.05, 0) is 24.1 Å². The van der Waals surface area contributed by atoms with Gasteiger partial charge >= 0.3 is 6.03 Å². The molecule has 32 heavy (non-hydrogen) atoms. The van der Waals surface area contributed by atoms with Crippen molar-refractivity contribution in [2.75, 3.05) is 66.6 Å². The van der Waals surface area contributed by atoms with Crippen LogP contribution in [0.15, 0.2) is 53.1 Å². The van der Waals surface area contributed by atoms with Gasteiger partial charge in [0.25, 0.3) is 0 Å². The Morgan fingerprint density at radius 3 is 2.38 bits per heavy atom. The summed E-state index contributed by atoms with van der Waals surface area (Å²) in [5.41, 5.74) is 1.17. The molecule has 1 aromatic carbocycles. The second-order valence-electron chi connectivity index (χ2n) is 8.18. The van der Waals surface area contributed by atoms with Gasteiger partial charge in [-0.25, -0.2) is 4.79 Å². The summed E-state index contributed by atoms with van der Waals surface area (Å²) in [6.45, 7) is 5.29. The Morgan fingerprint density at radius 1 is 0.969 bits per heavy atom. The Hall–Kier alpha value is -2.84. The van der Waals surface area contributed by atoms with E-state index < -0.39 is 0 Å². The van der Waals surface area contributed by atoms with Gasteiger partial charge in [0.15, 0.2) is 0 Å². The van der Waals surface area contributed by atoms with E-state index in [1.165, 1.54) is 10.5 Å². The molecule has 1 saturated heterocycles. The highest BCUT2D eigenvalue weighted by Gasteiger charge is 2.24. The van der Waals surface area contributed by atoms with Crippen LogP contribution in [0.5, 0.6) is 0 Å². The van der Waals surface area contributed by atoms with E-state index >= 15 is 0 Å². The maximum absolute atomic E-state index is 13.3. The van der Waals surface area contributed by atoms with Gasteiger partial charge in [0.05, 0.1) is 26.0 Å². The quantitative estimate of drug-likeness (QED) is 0.564. The van der Waals surface area contributed by atoms with E-state index in [2.05, 4.69) is 17.0 Å². The molecule has 3 amide bonds. The average molecular weight is 443 g/mol. The van der Waals surface area contributed by atoms with Crippen LogP contribution in [0, 0.1) is 0 Å². The molecule has 0 spiro atoms. The molecular formula is C24H34N4O4. The summed E-state index contributed by atoms with van der Waals surface area (Å²) in [4.78, 5) is 33.3. The van der Waals surface area contributed by atoms with Crippen molar-refractivity contribution in [3.63, 3.8) is 0 Å². The van der Waals surface area contributed by atoms with E-state index in [-0.39, 0.29) is 18.5 Å². The molecule has 8 nitrogen and oxygen atoms in total. The Morgan fingerprint density at radius 2 is 1.72 bits per heavy atom. The number of rotatable bonds is 10. The Labute approximate surface area is 190 Å². The van der Waals surface area contributed by atoms with Crippen molar-refractivity contribution in [3.05, 3.63) is 60.1 Å². The molecule has 0 unspecified atom stereocenters. The maximum Gasteiger partial charge on any atom is 0.319 e. The zero-order valence-corrected chi connectivity index (χ0v) is 19.1. The van der Waals surface area contributed by atoms with Gasteiger partial charge < -0.3 is 23.9 Å². The summed E-state index contributed by atoms with van der Waals surface area (Å²) in [6, 6.07) is 13.6. The van der Waals surface area contributed by atoms with Crippen LogP contribution in [0.25, 0.3) is 0 Å². The van der Waals surface area contributed by atoms with Crippen molar-refractivity contribution in [2.45, 2.75) is 13.0 Å². The van der Waals surface area contributed by atoms with Crippen LogP contribution in [-0.4, -0.2) is 98.1 Å². The molecule has 0 N–H and O–H groups in total. The lowest BCUT2D eigenvalue weighted by atomic mass is 10.1. The van der Waals surface area contributed by atoms with E-state index in [0.29, 0.717) is 32.8 Å². The van der Waals surface area contributed by atoms with Crippen molar-refractivity contribution in [3.8, 4) is 0 Å². The fourth-order valence-electron chi connectivity index (χ4n) is 3.67. The first-order valence-corrected chi connectivity index (χ1v) is 11.1. The number of furan rings is 1. The first-order chi connectivity index (χ1) is 15.5. The summed E-state index contributed by atoms with van der Waals surface area (Å²) in [5, 5.41) is 0. The van der Waals surface area contributed by atoms with Crippen LogP contribution in [0.2, 0.25) is 0 Å². The smallest absolute Gasteiger partial charge is 0.319 e. The van der Waals surface area contributed by atoms with Crippen molar-refractivity contribution < 1.29 is 18.7 Å². The lowest BCUT2D eigenvalue weighted by Crippen LogP contribution is -2.50. The fraction of sp³-hybridized carbons (Fsp3) is 0.500. The molecule has 0 radical (unpaired) electrons. The summed E-state index contributed by atoms with van der Waals surface area (Å²) < 4.78 is 10.9. The van der Waals surface area contributed by atoms with Crippen molar-refractivity contribution in [1.29, 1.82) is 0 Å². The highest BCUT2D eigenvalue weighted by molar-refractivity contribution is 5.84. The molecule has 1 aliphatic heterocycles. The van der Waals surface area contributed by atoms with Gasteiger partial charge in [-0.15, -0.1) is 0 Å². The minimum Gasteiger partial charge on any atom is -0.467 e. The molecule has 2 aromatic rings. The Kier molecular flexibility index (Phi) is 9.13. The minimum atomic E-state index is -0.160. The first-order valence-electron chi connectivity index (χ1n) is 11.1. The van der Waals surface area contributed by atoms with Gasteiger partial charge in [0.1, 0.15) is 12.3 Å². The number of amides is 3. The monoisotopic (exact) mass is 442 g/mol. The lowest BCUT2D eigenvalue weighted by Gasteiger charge is -2.32. The highest BCUT2D eigenvalue weighted by Crippen LogP contribution is 2.10. The molecule has 1 aromatic heterocycles. The van der Waals surface area contributed by atoms with Crippen LogP contribution < -0.4 is 0 Å². The zero-order chi connectivity index (χ0) is 22.8. The third kappa shape index (κ3) is 7.39. The van der Waals surface area contributed by atoms with Crippen LogP contribution >= 0.6 is 0 Å². The Balaban J connectivity index is 1.65. The topological polar surface area (TPSA) is 69.5 Å². The van der Waals surface area contributed by atoms with E-state index in [9.17, 15) is 9.59 Å². The molecule has 0 saturated carbocycles. The second kappa shape index (κ2) is 12.3. The van der Waals surface area contributed by atoms with Gasteiger partial charge in [-0.3, -0.25) is 9.69 Å². The average Bonchev–Trinajstić information content (AvgIpc) is 3.33. The lowest BCUT2D eigenvalue weighted by molar-refractivity contribution is -0.132. The molecule has 3 rings (SSSR count). The number of morpholine rings is 1. The maximum atomic E-state index is 13.3. The molecule has 1 fully saturated rings. The molecule has 0 atom stereocenters. The summed E-state index contributed by atoms with van der Waals surface area (Å²) in [7, 11) is 3.43. The molecule has 0 aliphatic carbocycles. The standard InChI is InChI=1S/C24H34N4O4/c1-25(2)24(30)28(13-12-26-14-17-31-18-15-26)20-23(29)27(19-22-9-6-16-32-22)11-10-21-7-4-3-5-8-21/h3-9,16H,10-15,17-20H2,1-2H3. The molecule has 0 bridgehead atoms. The number of hydrogen-bond acceptors (Lipinski definition) is 5. The van der Waals surface area contributed by atoms with E-state index in [0.717, 1.165) is 31.8 Å². The number of carbonyl (C=O) groups excluding carboxylic acids is 2.